The van der Waals surface area contributed by atoms with Gasteiger partial charge in [0.1, 0.15) is 12.1 Å². The second-order valence-corrected chi connectivity index (χ2v) is 4.87. The SMILES string of the molecule is COC(=O)Cn1[nH]c(=O)n2c(cc3sccc32)c1=O. The van der Waals surface area contributed by atoms with Crippen LogP contribution in [0.25, 0.3) is 15.7 Å². The second kappa shape index (κ2) is 4.09. The minimum absolute atomic E-state index is 0.245. The Morgan fingerprint density at radius 3 is 2.95 bits per heavy atom. The van der Waals surface area contributed by atoms with Crippen LogP contribution in [-0.2, 0) is 16.1 Å². The summed E-state index contributed by atoms with van der Waals surface area (Å²) in [5, 5.41) is 4.21. The number of ether oxygens (including phenoxy) is 1. The lowest BCUT2D eigenvalue weighted by molar-refractivity contribution is -0.141. The predicted molar refractivity (Wildman–Crippen MR) is 69.7 cm³/mol. The van der Waals surface area contributed by atoms with Crippen LogP contribution in [0.15, 0.2) is 27.1 Å². The van der Waals surface area contributed by atoms with E-state index in [0.717, 1.165) is 9.38 Å². The van der Waals surface area contributed by atoms with Gasteiger partial charge in [-0.15, -0.1) is 11.3 Å². The molecule has 8 heteroatoms. The molecule has 19 heavy (non-hydrogen) atoms. The van der Waals surface area contributed by atoms with Crippen LogP contribution in [0.4, 0.5) is 0 Å². The Bertz CT molecular complexity index is 898. The zero-order valence-corrected chi connectivity index (χ0v) is 10.7. The van der Waals surface area contributed by atoms with E-state index < -0.39 is 17.2 Å². The normalized spacial score (nSPS) is 11.2. The first-order chi connectivity index (χ1) is 9.11. The molecule has 0 amide bonds. The van der Waals surface area contributed by atoms with Gasteiger partial charge in [-0.05, 0) is 17.5 Å². The number of carbonyl (C=O) groups excluding carboxylic acids is 1. The summed E-state index contributed by atoms with van der Waals surface area (Å²) in [5.41, 5.74) is 0.0263. The lowest BCUT2D eigenvalue weighted by Gasteiger charge is -2.04. The van der Waals surface area contributed by atoms with Gasteiger partial charge in [0.25, 0.3) is 5.56 Å². The standard InChI is InChI=1S/C11H9N3O4S/c1-18-9(15)5-13-10(16)7-4-8-6(2-3-19-8)14(7)11(17)12-13/h2-4H,5H2,1H3,(H,12,17). The maximum atomic E-state index is 12.2. The van der Waals surface area contributed by atoms with Gasteiger partial charge < -0.3 is 4.74 Å². The minimum atomic E-state index is -0.601. The van der Waals surface area contributed by atoms with Gasteiger partial charge >= 0.3 is 11.7 Å². The van der Waals surface area contributed by atoms with E-state index in [1.807, 2.05) is 5.38 Å². The number of aromatic nitrogens is 3. The van der Waals surface area contributed by atoms with Gasteiger partial charge in [0.15, 0.2) is 0 Å². The molecule has 0 aliphatic heterocycles. The molecular weight excluding hydrogens is 270 g/mol. The molecule has 0 unspecified atom stereocenters. The highest BCUT2D eigenvalue weighted by Crippen LogP contribution is 2.21. The van der Waals surface area contributed by atoms with Gasteiger partial charge in [0, 0.05) is 0 Å². The molecule has 3 rings (SSSR count). The zero-order chi connectivity index (χ0) is 13.6. The van der Waals surface area contributed by atoms with E-state index in [0.29, 0.717) is 5.52 Å². The van der Waals surface area contributed by atoms with Gasteiger partial charge in [0.05, 0.1) is 17.3 Å². The first-order valence-electron chi connectivity index (χ1n) is 5.40. The Labute approximate surface area is 109 Å². The van der Waals surface area contributed by atoms with Gasteiger partial charge in [0.2, 0.25) is 0 Å². The number of aromatic amines is 1. The van der Waals surface area contributed by atoms with Crippen LogP contribution in [0.5, 0.6) is 0 Å². The second-order valence-electron chi connectivity index (χ2n) is 3.92. The lowest BCUT2D eigenvalue weighted by Crippen LogP contribution is -2.35. The maximum Gasteiger partial charge on any atom is 0.345 e. The Morgan fingerprint density at radius 1 is 1.42 bits per heavy atom. The van der Waals surface area contributed by atoms with E-state index in [-0.39, 0.29) is 12.1 Å². The number of nitrogens with zero attached hydrogens (tertiary/aromatic N) is 2. The van der Waals surface area contributed by atoms with Crippen molar-refractivity contribution < 1.29 is 9.53 Å². The third-order valence-electron chi connectivity index (χ3n) is 2.84. The summed E-state index contributed by atoms with van der Waals surface area (Å²) in [4.78, 5) is 35.4. The molecule has 3 heterocycles. The molecule has 0 saturated heterocycles. The first kappa shape index (κ1) is 11.7. The molecule has 1 N–H and O–H groups in total. The molecule has 0 spiro atoms. The minimum Gasteiger partial charge on any atom is -0.468 e. The van der Waals surface area contributed by atoms with Crippen LogP contribution in [0.2, 0.25) is 0 Å². The van der Waals surface area contributed by atoms with E-state index in [4.69, 9.17) is 0 Å². The predicted octanol–water partition coefficient (Wildman–Crippen LogP) is 0.177. The van der Waals surface area contributed by atoms with Gasteiger partial charge in [-0.2, -0.15) is 0 Å². The molecular formula is C11H9N3O4S. The molecule has 98 valence electrons. The highest BCUT2D eigenvalue weighted by atomic mass is 32.1. The van der Waals surface area contributed by atoms with Crippen molar-refractivity contribution in [3.05, 3.63) is 38.4 Å². The number of methoxy groups -OCH3 is 1. The largest absolute Gasteiger partial charge is 0.468 e. The molecule has 0 radical (unpaired) electrons. The van der Waals surface area contributed by atoms with E-state index >= 15 is 0 Å². The smallest absolute Gasteiger partial charge is 0.345 e. The molecule has 7 nitrogen and oxygen atoms in total. The van der Waals surface area contributed by atoms with Crippen molar-refractivity contribution in [3.8, 4) is 0 Å². The average molecular weight is 279 g/mol. The summed E-state index contributed by atoms with van der Waals surface area (Å²) in [5.74, 6) is -0.601. The van der Waals surface area contributed by atoms with E-state index in [1.54, 1.807) is 12.1 Å². The number of rotatable bonds is 2. The van der Waals surface area contributed by atoms with Crippen LogP contribution in [0.3, 0.4) is 0 Å². The van der Waals surface area contributed by atoms with Gasteiger partial charge in [-0.1, -0.05) is 0 Å². The molecule has 0 bridgehead atoms. The molecule has 0 aliphatic rings. The molecule has 0 atom stereocenters. The number of hydrogen-bond acceptors (Lipinski definition) is 5. The van der Waals surface area contributed by atoms with Crippen molar-refractivity contribution in [3.63, 3.8) is 0 Å². The van der Waals surface area contributed by atoms with Crippen molar-refractivity contribution >= 4 is 33.0 Å². The van der Waals surface area contributed by atoms with E-state index in [9.17, 15) is 14.4 Å². The highest BCUT2D eigenvalue weighted by Gasteiger charge is 2.13. The summed E-state index contributed by atoms with van der Waals surface area (Å²) in [7, 11) is 1.22. The number of H-pyrrole nitrogens is 1. The van der Waals surface area contributed by atoms with Crippen molar-refractivity contribution in [1.29, 1.82) is 0 Å². The van der Waals surface area contributed by atoms with E-state index in [2.05, 4.69) is 9.84 Å². The van der Waals surface area contributed by atoms with Crippen LogP contribution in [0.1, 0.15) is 0 Å². The third kappa shape index (κ3) is 1.68. The van der Waals surface area contributed by atoms with Crippen molar-refractivity contribution in [1.82, 2.24) is 14.2 Å². The number of thiophene rings is 1. The Kier molecular flexibility index (Phi) is 2.53. The van der Waals surface area contributed by atoms with Crippen LogP contribution < -0.4 is 11.2 Å². The molecule has 3 aromatic heterocycles. The Morgan fingerprint density at radius 2 is 2.21 bits per heavy atom. The summed E-state index contributed by atoms with van der Waals surface area (Å²) in [6.07, 6.45) is 0. The van der Waals surface area contributed by atoms with E-state index in [1.165, 1.54) is 22.8 Å². The molecule has 0 fully saturated rings. The zero-order valence-electron chi connectivity index (χ0n) is 9.87. The van der Waals surface area contributed by atoms with Crippen molar-refractivity contribution in [2.45, 2.75) is 6.54 Å². The molecule has 0 saturated carbocycles. The first-order valence-corrected chi connectivity index (χ1v) is 6.28. The summed E-state index contributed by atoms with van der Waals surface area (Å²) >= 11 is 1.44. The van der Waals surface area contributed by atoms with Gasteiger partial charge in [-0.3, -0.25) is 14.0 Å². The average Bonchev–Trinajstić information content (AvgIpc) is 2.95. The highest BCUT2D eigenvalue weighted by molar-refractivity contribution is 7.17. The number of fused-ring (bicyclic) bond motifs is 3. The summed E-state index contributed by atoms with van der Waals surface area (Å²) < 4.78 is 7.58. The Balaban J connectivity index is 2.33. The molecule has 0 aromatic carbocycles. The summed E-state index contributed by atoms with van der Waals surface area (Å²) in [6.45, 7) is -0.320. The van der Waals surface area contributed by atoms with Crippen molar-refractivity contribution in [2.75, 3.05) is 7.11 Å². The molecule has 3 aromatic rings. The number of carbonyl (C=O) groups is 1. The fourth-order valence-corrected chi connectivity index (χ4v) is 2.76. The summed E-state index contributed by atoms with van der Waals surface area (Å²) in [6, 6.07) is 3.41. The quantitative estimate of drug-likeness (QED) is 0.678. The fourth-order valence-electron chi connectivity index (χ4n) is 1.96. The topological polar surface area (TPSA) is 85.6 Å². The number of esters is 1. The monoisotopic (exact) mass is 279 g/mol. The number of nitrogens with one attached hydrogen (secondary N) is 1. The van der Waals surface area contributed by atoms with Crippen LogP contribution >= 0.6 is 11.3 Å². The van der Waals surface area contributed by atoms with Crippen LogP contribution in [0, 0.1) is 0 Å². The van der Waals surface area contributed by atoms with Gasteiger partial charge in [-0.25, -0.2) is 14.6 Å². The number of hydrogen-bond donors (Lipinski definition) is 1. The molecule has 0 aliphatic carbocycles. The maximum absolute atomic E-state index is 12.2. The van der Waals surface area contributed by atoms with Crippen molar-refractivity contribution in [2.24, 2.45) is 0 Å². The fraction of sp³-hybridized carbons (Fsp3) is 0.182. The Hall–Kier alpha value is -2.35. The third-order valence-corrected chi connectivity index (χ3v) is 3.69. The lowest BCUT2D eigenvalue weighted by atomic mass is 10.5. The van der Waals surface area contributed by atoms with Crippen LogP contribution in [-0.4, -0.2) is 27.3 Å².